The molecule has 0 radical (unpaired) electrons. The van der Waals surface area contributed by atoms with Gasteiger partial charge in [0.1, 0.15) is 4.21 Å². The monoisotopic (exact) mass is 296 g/mol. The van der Waals surface area contributed by atoms with Gasteiger partial charge in [0.2, 0.25) is 0 Å². The Bertz CT molecular complexity index is 492. The van der Waals surface area contributed by atoms with Gasteiger partial charge in [0.25, 0.3) is 9.05 Å². The number of hydrogen-bond donors (Lipinski definition) is 0. The van der Waals surface area contributed by atoms with E-state index < -0.39 is 9.05 Å². The lowest BCUT2D eigenvalue weighted by atomic mass is 10.3. The third-order valence-electron chi connectivity index (χ3n) is 2.10. The molecule has 0 aliphatic carbocycles. The average Bonchev–Trinajstić information content (AvgIpc) is 2.65. The normalized spacial score (nSPS) is 13.4. The van der Waals surface area contributed by atoms with Crippen LogP contribution >= 0.6 is 22.0 Å². The van der Waals surface area contributed by atoms with Crippen molar-refractivity contribution >= 4 is 37.0 Å². The second-order valence-electron chi connectivity index (χ2n) is 3.54. The minimum atomic E-state index is -3.71. The summed E-state index contributed by atoms with van der Waals surface area (Å²) >= 11 is 0.982. The Labute approximate surface area is 109 Å². The molecule has 0 saturated carbocycles. The van der Waals surface area contributed by atoms with Crippen LogP contribution in [0.4, 0.5) is 0 Å². The Kier molecular flexibility index (Phi) is 4.97. The lowest BCUT2D eigenvalue weighted by Gasteiger charge is -2.09. The molecule has 0 aliphatic heterocycles. The Hall–Kier alpha value is -0.590. The molecule has 0 N–H and O–H groups in total. The first-order valence-electron chi connectivity index (χ1n) is 5.05. The number of esters is 1. The van der Waals surface area contributed by atoms with Crippen molar-refractivity contribution in [2.24, 2.45) is 0 Å². The summed E-state index contributed by atoms with van der Waals surface area (Å²) < 4.78 is 27.2. The second kappa shape index (κ2) is 5.84. The van der Waals surface area contributed by atoms with Crippen molar-refractivity contribution in [1.82, 2.24) is 0 Å². The molecule has 96 valence electrons. The summed E-state index contributed by atoms with van der Waals surface area (Å²) in [5.74, 6) is -0.361. The zero-order chi connectivity index (χ0) is 13.1. The number of rotatable bonds is 5. The standard InChI is InChI=1S/C10H13ClO4S2/c1-3-7(2)15-9(12)6-8-4-5-10(16-8)17(11,13)14/h4-5,7H,3,6H2,1-2H3. The number of hydrogen-bond acceptors (Lipinski definition) is 5. The van der Waals surface area contributed by atoms with Crippen molar-refractivity contribution in [2.75, 3.05) is 0 Å². The number of ether oxygens (including phenoxy) is 1. The van der Waals surface area contributed by atoms with Crippen LogP contribution in [0.25, 0.3) is 0 Å². The highest BCUT2D eigenvalue weighted by molar-refractivity contribution is 8.15. The number of carbonyl (C=O) groups is 1. The number of halogens is 1. The predicted molar refractivity (Wildman–Crippen MR) is 66.9 cm³/mol. The first-order chi connectivity index (χ1) is 7.82. The van der Waals surface area contributed by atoms with E-state index >= 15 is 0 Å². The highest BCUT2D eigenvalue weighted by atomic mass is 35.7. The van der Waals surface area contributed by atoms with Gasteiger partial charge in [0.15, 0.2) is 0 Å². The fourth-order valence-electron chi connectivity index (χ4n) is 1.08. The Morgan fingerprint density at radius 3 is 2.65 bits per heavy atom. The van der Waals surface area contributed by atoms with E-state index in [1.807, 2.05) is 6.92 Å². The Balaban J connectivity index is 2.64. The fraction of sp³-hybridized carbons (Fsp3) is 0.500. The first-order valence-corrected chi connectivity index (χ1v) is 8.18. The van der Waals surface area contributed by atoms with Gasteiger partial charge in [-0.15, -0.1) is 11.3 Å². The minimum Gasteiger partial charge on any atom is -0.462 e. The largest absolute Gasteiger partial charge is 0.462 e. The van der Waals surface area contributed by atoms with E-state index in [9.17, 15) is 13.2 Å². The summed E-state index contributed by atoms with van der Waals surface area (Å²) in [4.78, 5) is 12.1. The van der Waals surface area contributed by atoms with Gasteiger partial charge in [-0.1, -0.05) is 6.92 Å². The van der Waals surface area contributed by atoms with Crippen LogP contribution < -0.4 is 0 Å². The summed E-state index contributed by atoms with van der Waals surface area (Å²) in [7, 11) is 1.47. The maximum absolute atomic E-state index is 11.4. The van der Waals surface area contributed by atoms with Gasteiger partial charge in [-0.2, -0.15) is 0 Å². The van der Waals surface area contributed by atoms with Crippen molar-refractivity contribution in [2.45, 2.75) is 37.0 Å². The molecule has 0 bridgehead atoms. The molecular formula is C10H13ClO4S2. The smallest absolute Gasteiger partial charge is 0.311 e. The molecule has 0 aliphatic rings. The van der Waals surface area contributed by atoms with Gasteiger partial charge in [-0.3, -0.25) is 4.79 Å². The van der Waals surface area contributed by atoms with Gasteiger partial charge in [-0.05, 0) is 25.5 Å². The fourth-order valence-corrected chi connectivity index (χ4v) is 3.18. The van der Waals surface area contributed by atoms with Crippen LogP contribution in [0.3, 0.4) is 0 Å². The van der Waals surface area contributed by atoms with Crippen LogP contribution in [0, 0.1) is 0 Å². The molecule has 1 heterocycles. The molecule has 17 heavy (non-hydrogen) atoms. The van der Waals surface area contributed by atoms with Crippen LogP contribution in [0.2, 0.25) is 0 Å². The summed E-state index contributed by atoms with van der Waals surface area (Å²) in [6, 6.07) is 2.96. The zero-order valence-corrected chi connectivity index (χ0v) is 11.9. The zero-order valence-electron chi connectivity index (χ0n) is 9.47. The lowest BCUT2D eigenvalue weighted by molar-refractivity contribution is -0.147. The molecule has 1 aromatic rings. The molecule has 1 rings (SSSR count). The average molecular weight is 297 g/mol. The third-order valence-corrected chi connectivity index (χ3v) is 5.28. The molecule has 0 amide bonds. The third kappa shape index (κ3) is 4.65. The summed E-state index contributed by atoms with van der Waals surface area (Å²) in [6.45, 7) is 3.72. The Morgan fingerprint density at radius 1 is 1.53 bits per heavy atom. The molecule has 1 atom stereocenters. The van der Waals surface area contributed by atoms with Crippen molar-refractivity contribution in [3.05, 3.63) is 17.0 Å². The van der Waals surface area contributed by atoms with Crippen molar-refractivity contribution < 1.29 is 17.9 Å². The highest BCUT2D eigenvalue weighted by Crippen LogP contribution is 2.25. The van der Waals surface area contributed by atoms with Gasteiger partial charge >= 0.3 is 5.97 Å². The molecule has 4 nitrogen and oxygen atoms in total. The maximum Gasteiger partial charge on any atom is 0.311 e. The van der Waals surface area contributed by atoms with E-state index in [4.69, 9.17) is 15.4 Å². The molecule has 0 saturated heterocycles. The highest BCUT2D eigenvalue weighted by Gasteiger charge is 2.15. The van der Waals surface area contributed by atoms with Gasteiger partial charge in [0, 0.05) is 15.6 Å². The van der Waals surface area contributed by atoms with Crippen LogP contribution in [0.1, 0.15) is 25.1 Å². The molecular weight excluding hydrogens is 284 g/mol. The van der Waals surface area contributed by atoms with E-state index in [1.165, 1.54) is 6.07 Å². The van der Waals surface area contributed by atoms with Crippen molar-refractivity contribution in [3.8, 4) is 0 Å². The van der Waals surface area contributed by atoms with Crippen molar-refractivity contribution in [1.29, 1.82) is 0 Å². The summed E-state index contributed by atoms with van der Waals surface area (Å²) in [5.41, 5.74) is 0. The first kappa shape index (κ1) is 14.5. The van der Waals surface area contributed by atoms with Crippen LogP contribution in [0.15, 0.2) is 16.3 Å². The molecule has 0 spiro atoms. The lowest BCUT2D eigenvalue weighted by Crippen LogP contribution is -2.15. The predicted octanol–water partition coefficient (Wildman–Crippen LogP) is 2.56. The van der Waals surface area contributed by atoms with Crippen LogP contribution in [-0.4, -0.2) is 20.5 Å². The van der Waals surface area contributed by atoms with Gasteiger partial charge < -0.3 is 4.74 Å². The number of thiophene rings is 1. The van der Waals surface area contributed by atoms with E-state index in [0.717, 1.165) is 17.8 Å². The molecule has 0 fully saturated rings. The van der Waals surface area contributed by atoms with Crippen molar-refractivity contribution in [3.63, 3.8) is 0 Å². The van der Waals surface area contributed by atoms with E-state index in [2.05, 4.69) is 0 Å². The van der Waals surface area contributed by atoms with Crippen LogP contribution in [-0.2, 0) is 25.0 Å². The summed E-state index contributed by atoms with van der Waals surface area (Å²) in [6.07, 6.45) is 0.692. The Morgan fingerprint density at radius 2 is 2.18 bits per heavy atom. The topological polar surface area (TPSA) is 60.4 Å². The number of carbonyl (C=O) groups excluding carboxylic acids is 1. The van der Waals surface area contributed by atoms with E-state index in [0.29, 0.717) is 4.88 Å². The van der Waals surface area contributed by atoms with Gasteiger partial charge in [0.05, 0.1) is 12.5 Å². The quantitative estimate of drug-likeness (QED) is 0.619. The minimum absolute atomic E-state index is 0.0468. The molecule has 0 aromatic carbocycles. The van der Waals surface area contributed by atoms with E-state index in [1.54, 1.807) is 13.0 Å². The van der Waals surface area contributed by atoms with Crippen LogP contribution in [0.5, 0.6) is 0 Å². The molecule has 7 heteroatoms. The maximum atomic E-state index is 11.4. The molecule has 1 unspecified atom stereocenters. The summed E-state index contributed by atoms with van der Waals surface area (Å²) in [5, 5.41) is 0. The van der Waals surface area contributed by atoms with Gasteiger partial charge in [-0.25, -0.2) is 8.42 Å². The second-order valence-corrected chi connectivity index (χ2v) is 7.51. The van der Waals surface area contributed by atoms with E-state index in [-0.39, 0.29) is 22.7 Å². The SMILES string of the molecule is CCC(C)OC(=O)Cc1ccc(S(=O)(=O)Cl)s1. The molecule has 1 aromatic heterocycles.